The van der Waals surface area contributed by atoms with Crippen LogP contribution in [-0.2, 0) is 10.0 Å². The van der Waals surface area contributed by atoms with Crippen molar-refractivity contribution in [1.29, 1.82) is 0 Å². The maximum absolute atomic E-state index is 13.3. The first kappa shape index (κ1) is 13.4. The van der Waals surface area contributed by atoms with Crippen molar-refractivity contribution in [3.8, 4) is 0 Å². The third kappa shape index (κ3) is 2.88. The number of thiophene rings is 1. The average Bonchev–Trinajstić information content (AvgIpc) is 2.82. The van der Waals surface area contributed by atoms with Crippen molar-refractivity contribution in [2.24, 2.45) is 0 Å². The Hall–Kier alpha value is -2.00. The molecule has 2 heterocycles. The number of pyridine rings is 1. The third-order valence-electron chi connectivity index (χ3n) is 2.10. The molecular weight excluding hydrogens is 295 g/mol. The lowest BCUT2D eigenvalue weighted by Gasteiger charge is -2.06. The van der Waals surface area contributed by atoms with Gasteiger partial charge in [-0.2, -0.15) is 0 Å². The molecule has 0 amide bonds. The number of anilines is 1. The fraction of sp³-hybridized carbons (Fsp3) is 0. The lowest BCUT2D eigenvalue weighted by molar-refractivity contribution is 0.0697. The molecule has 0 aromatic carbocycles. The van der Waals surface area contributed by atoms with E-state index in [0.717, 1.165) is 23.6 Å². The van der Waals surface area contributed by atoms with Crippen molar-refractivity contribution in [2.45, 2.75) is 4.21 Å². The number of sulfonamides is 1. The van der Waals surface area contributed by atoms with Crippen molar-refractivity contribution in [2.75, 3.05) is 4.72 Å². The zero-order chi connectivity index (χ0) is 14.0. The van der Waals surface area contributed by atoms with Crippen LogP contribution in [0, 0.1) is 5.82 Å². The molecule has 0 spiro atoms. The first-order chi connectivity index (χ1) is 8.90. The molecule has 0 aliphatic carbocycles. The van der Waals surface area contributed by atoms with E-state index in [1.54, 1.807) is 0 Å². The summed E-state index contributed by atoms with van der Waals surface area (Å²) >= 11 is 0.741. The molecule has 0 aliphatic heterocycles. The first-order valence-corrected chi connectivity index (χ1v) is 7.20. The SMILES string of the molecule is O=C(O)c1csc(S(=O)(=O)Nc2ccncc2F)c1. The second-order valence-electron chi connectivity index (χ2n) is 3.42. The quantitative estimate of drug-likeness (QED) is 0.897. The zero-order valence-corrected chi connectivity index (χ0v) is 10.8. The van der Waals surface area contributed by atoms with Crippen LogP contribution in [0.15, 0.2) is 34.1 Å². The van der Waals surface area contributed by atoms with Crippen LogP contribution >= 0.6 is 11.3 Å². The van der Waals surface area contributed by atoms with Gasteiger partial charge in [0.1, 0.15) is 4.21 Å². The van der Waals surface area contributed by atoms with Gasteiger partial charge >= 0.3 is 5.97 Å². The Morgan fingerprint density at radius 2 is 2.21 bits per heavy atom. The molecule has 0 fully saturated rings. The molecule has 2 aromatic heterocycles. The molecule has 9 heteroatoms. The van der Waals surface area contributed by atoms with Crippen molar-refractivity contribution >= 4 is 33.0 Å². The van der Waals surface area contributed by atoms with Gasteiger partial charge in [-0.25, -0.2) is 17.6 Å². The van der Waals surface area contributed by atoms with Crippen LogP contribution in [-0.4, -0.2) is 24.5 Å². The molecule has 6 nitrogen and oxygen atoms in total. The second-order valence-corrected chi connectivity index (χ2v) is 6.24. The summed E-state index contributed by atoms with van der Waals surface area (Å²) < 4.78 is 38.9. The van der Waals surface area contributed by atoms with Gasteiger partial charge in [0.2, 0.25) is 0 Å². The summed E-state index contributed by atoms with van der Waals surface area (Å²) in [5.41, 5.74) is -0.388. The van der Waals surface area contributed by atoms with Gasteiger partial charge in [0.25, 0.3) is 10.0 Å². The maximum Gasteiger partial charge on any atom is 0.336 e. The van der Waals surface area contributed by atoms with Gasteiger partial charge in [-0.3, -0.25) is 9.71 Å². The number of nitrogens with zero attached hydrogens (tertiary/aromatic N) is 1. The summed E-state index contributed by atoms with van der Waals surface area (Å²) in [6.07, 6.45) is 2.10. The maximum atomic E-state index is 13.3. The summed E-state index contributed by atoms with van der Waals surface area (Å²) in [7, 11) is -4.01. The third-order valence-corrected chi connectivity index (χ3v) is 4.91. The molecule has 0 saturated carbocycles. The van der Waals surface area contributed by atoms with E-state index < -0.39 is 21.8 Å². The number of carboxylic acid groups (broad SMARTS) is 1. The molecule has 0 unspecified atom stereocenters. The molecular formula is C10H7FN2O4S2. The van der Waals surface area contributed by atoms with Gasteiger partial charge in [0.05, 0.1) is 17.4 Å². The van der Waals surface area contributed by atoms with E-state index >= 15 is 0 Å². The van der Waals surface area contributed by atoms with Crippen LogP contribution in [0.3, 0.4) is 0 Å². The van der Waals surface area contributed by atoms with E-state index in [4.69, 9.17) is 5.11 Å². The van der Waals surface area contributed by atoms with Gasteiger partial charge < -0.3 is 5.11 Å². The van der Waals surface area contributed by atoms with Gasteiger partial charge in [0, 0.05) is 11.6 Å². The van der Waals surface area contributed by atoms with Crippen LogP contribution in [0.1, 0.15) is 10.4 Å². The molecule has 0 saturated heterocycles. The Labute approximate surface area is 111 Å². The molecule has 19 heavy (non-hydrogen) atoms. The van der Waals surface area contributed by atoms with Crippen LogP contribution < -0.4 is 4.72 Å². The normalized spacial score (nSPS) is 11.2. The van der Waals surface area contributed by atoms with Crippen molar-refractivity contribution < 1.29 is 22.7 Å². The Balaban J connectivity index is 2.32. The highest BCUT2D eigenvalue weighted by molar-refractivity contribution is 7.94. The van der Waals surface area contributed by atoms with E-state index in [2.05, 4.69) is 4.98 Å². The summed E-state index contributed by atoms with van der Waals surface area (Å²) in [5.74, 6) is -2.05. The molecule has 0 aliphatic rings. The minimum Gasteiger partial charge on any atom is -0.478 e. The standard InChI is InChI=1S/C10H7FN2O4S2/c11-7-4-12-2-1-8(7)13-19(16,17)9-3-6(5-18-9)10(14)15/h1-5H,(H,12,13)(H,14,15). The van der Waals surface area contributed by atoms with Crippen LogP contribution in [0.25, 0.3) is 0 Å². The Bertz CT molecular complexity index is 727. The molecule has 2 aromatic rings. The van der Waals surface area contributed by atoms with Crippen LogP contribution in [0.4, 0.5) is 10.1 Å². The highest BCUT2D eigenvalue weighted by Gasteiger charge is 2.20. The zero-order valence-electron chi connectivity index (χ0n) is 9.20. The summed E-state index contributed by atoms with van der Waals surface area (Å²) in [6, 6.07) is 2.17. The topological polar surface area (TPSA) is 96.4 Å². The molecule has 0 radical (unpaired) electrons. The van der Waals surface area contributed by atoms with Gasteiger partial charge in [-0.05, 0) is 12.1 Å². The summed E-state index contributed by atoms with van der Waals surface area (Å²) in [5, 5.41) is 9.92. The minimum absolute atomic E-state index is 0.138. The lowest BCUT2D eigenvalue weighted by Crippen LogP contribution is -2.12. The molecule has 100 valence electrons. The highest BCUT2D eigenvalue weighted by atomic mass is 32.2. The number of carboxylic acids is 1. The average molecular weight is 302 g/mol. The number of rotatable bonds is 4. The Morgan fingerprint density at radius 1 is 1.47 bits per heavy atom. The van der Waals surface area contributed by atoms with Gasteiger partial charge in [-0.1, -0.05) is 0 Å². The number of hydrogen-bond donors (Lipinski definition) is 2. The molecule has 2 N–H and O–H groups in total. The van der Waals surface area contributed by atoms with Crippen LogP contribution in [0.5, 0.6) is 0 Å². The minimum atomic E-state index is -4.01. The molecule has 2 rings (SSSR count). The number of nitrogens with one attached hydrogen (secondary N) is 1. The van der Waals surface area contributed by atoms with Gasteiger partial charge in [0.15, 0.2) is 5.82 Å². The smallest absolute Gasteiger partial charge is 0.336 e. The highest BCUT2D eigenvalue weighted by Crippen LogP contribution is 2.23. The Kier molecular flexibility index (Phi) is 3.49. The van der Waals surface area contributed by atoms with Crippen molar-refractivity contribution in [3.05, 3.63) is 41.3 Å². The summed E-state index contributed by atoms with van der Waals surface area (Å²) in [4.78, 5) is 14.2. The molecule has 0 bridgehead atoms. The monoisotopic (exact) mass is 302 g/mol. The van der Waals surface area contributed by atoms with E-state index in [1.165, 1.54) is 17.6 Å². The van der Waals surface area contributed by atoms with Crippen LogP contribution in [0.2, 0.25) is 0 Å². The fourth-order valence-electron chi connectivity index (χ4n) is 1.22. The lowest BCUT2D eigenvalue weighted by atomic mass is 10.4. The fourth-order valence-corrected chi connectivity index (χ4v) is 3.44. The number of carbonyl (C=O) groups is 1. The number of aromatic carboxylic acids is 1. The largest absolute Gasteiger partial charge is 0.478 e. The first-order valence-electron chi connectivity index (χ1n) is 4.84. The van der Waals surface area contributed by atoms with E-state index in [0.29, 0.717) is 0 Å². The van der Waals surface area contributed by atoms with E-state index in [9.17, 15) is 17.6 Å². The predicted octanol–water partition coefficient (Wildman–Crippen LogP) is 1.78. The van der Waals surface area contributed by atoms with E-state index in [-0.39, 0.29) is 15.5 Å². The Morgan fingerprint density at radius 3 is 2.79 bits per heavy atom. The van der Waals surface area contributed by atoms with E-state index in [1.807, 2.05) is 4.72 Å². The van der Waals surface area contributed by atoms with Gasteiger partial charge in [-0.15, -0.1) is 11.3 Å². The number of hydrogen-bond acceptors (Lipinski definition) is 5. The number of aromatic nitrogens is 1. The number of halogens is 1. The van der Waals surface area contributed by atoms with Crippen molar-refractivity contribution in [1.82, 2.24) is 4.98 Å². The predicted molar refractivity (Wildman–Crippen MR) is 66.3 cm³/mol. The summed E-state index contributed by atoms with van der Waals surface area (Å²) in [6.45, 7) is 0. The second kappa shape index (κ2) is 4.94. The van der Waals surface area contributed by atoms with Crippen molar-refractivity contribution in [3.63, 3.8) is 0 Å². The molecule has 0 atom stereocenters.